The van der Waals surface area contributed by atoms with Crippen molar-refractivity contribution < 1.29 is 9.59 Å². The van der Waals surface area contributed by atoms with E-state index in [1.807, 2.05) is 19.1 Å². The summed E-state index contributed by atoms with van der Waals surface area (Å²) in [5, 5.41) is 5.62. The third kappa shape index (κ3) is 5.04. The summed E-state index contributed by atoms with van der Waals surface area (Å²) in [4.78, 5) is 29.8. The predicted molar refractivity (Wildman–Crippen MR) is 99.4 cm³/mol. The summed E-state index contributed by atoms with van der Waals surface area (Å²) in [5.74, 6) is -0.151. The molecule has 6 nitrogen and oxygen atoms in total. The number of urea groups is 1. The molecule has 132 valence electrons. The molecular weight excluding hydrogens is 316 g/mol. The number of benzene rings is 1. The van der Waals surface area contributed by atoms with Gasteiger partial charge in [-0.15, -0.1) is 0 Å². The van der Waals surface area contributed by atoms with Gasteiger partial charge in [0.15, 0.2) is 0 Å². The number of hydrogen-bond acceptors (Lipinski definition) is 3. The van der Waals surface area contributed by atoms with E-state index in [0.717, 1.165) is 12.0 Å². The highest BCUT2D eigenvalue weighted by Crippen LogP contribution is 2.25. The van der Waals surface area contributed by atoms with Gasteiger partial charge in [0.05, 0.1) is 6.04 Å². The molecule has 6 heteroatoms. The van der Waals surface area contributed by atoms with Crippen molar-refractivity contribution in [1.29, 1.82) is 0 Å². The third-order valence-electron chi connectivity index (χ3n) is 3.89. The zero-order valence-electron chi connectivity index (χ0n) is 14.8. The highest BCUT2D eigenvalue weighted by Gasteiger charge is 2.22. The second-order valence-corrected chi connectivity index (χ2v) is 5.68. The molecular formula is C19H24N4O2. The lowest BCUT2D eigenvalue weighted by Gasteiger charge is -2.30. The molecule has 0 spiro atoms. The molecule has 2 rings (SSSR count). The van der Waals surface area contributed by atoms with E-state index in [2.05, 4.69) is 22.5 Å². The van der Waals surface area contributed by atoms with Crippen molar-refractivity contribution in [1.82, 2.24) is 9.88 Å². The normalized spacial score (nSPS) is 11.5. The lowest BCUT2D eigenvalue weighted by molar-refractivity contribution is -0.114. The van der Waals surface area contributed by atoms with Gasteiger partial charge in [-0.1, -0.05) is 13.0 Å². The van der Waals surface area contributed by atoms with E-state index in [4.69, 9.17) is 0 Å². The van der Waals surface area contributed by atoms with Crippen LogP contribution in [0.5, 0.6) is 0 Å². The Labute approximate surface area is 148 Å². The smallest absolute Gasteiger partial charge is 0.322 e. The molecule has 0 aliphatic carbocycles. The minimum atomic E-state index is -0.175. The Morgan fingerprint density at radius 1 is 1.08 bits per heavy atom. The zero-order chi connectivity index (χ0) is 18.2. The number of carbonyl (C=O) groups is 2. The summed E-state index contributed by atoms with van der Waals surface area (Å²) in [6.07, 6.45) is 4.28. The predicted octanol–water partition coefficient (Wildman–Crippen LogP) is 4.05. The van der Waals surface area contributed by atoms with Gasteiger partial charge in [-0.05, 0) is 49.2 Å². The SMILES string of the molecule is CC[C@@H](c1ccncc1)N(CC)C(=O)Nc1cccc(NC(C)=O)c1. The average Bonchev–Trinajstić information content (AvgIpc) is 2.59. The lowest BCUT2D eigenvalue weighted by Crippen LogP contribution is -2.37. The van der Waals surface area contributed by atoms with Crippen LogP contribution in [0.2, 0.25) is 0 Å². The van der Waals surface area contributed by atoms with Gasteiger partial charge in [-0.2, -0.15) is 0 Å². The van der Waals surface area contributed by atoms with E-state index in [1.165, 1.54) is 6.92 Å². The van der Waals surface area contributed by atoms with E-state index >= 15 is 0 Å². The number of anilines is 2. The van der Waals surface area contributed by atoms with Crippen LogP contribution in [0.15, 0.2) is 48.8 Å². The molecule has 2 N–H and O–H groups in total. The fraction of sp³-hybridized carbons (Fsp3) is 0.316. The summed E-state index contributed by atoms with van der Waals surface area (Å²) in [7, 11) is 0. The van der Waals surface area contributed by atoms with Gasteiger partial charge in [-0.25, -0.2) is 4.79 Å². The zero-order valence-corrected chi connectivity index (χ0v) is 14.8. The topological polar surface area (TPSA) is 74.3 Å². The van der Waals surface area contributed by atoms with Crippen molar-refractivity contribution in [3.8, 4) is 0 Å². The second-order valence-electron chi connectivity index (χ2n) is 5.68. The first-order chi connectivity index (χ1) is 12.0. The largest absolute Gasteiger partial charge is 0.326 e. The average molecular weight is 340 g/mol. The molecule has 0 saturated carbocycles. The lowest BCUT2D eigenvalue weighted by atomic mass is 10.0. The van der Waals surface area contributed by atoms with Crippen molar-refractivity contribution in [2.75, 3.05) is 17.2 Å². The van der Waals surface area contributed by atoms with Gasteiger partial charge < -0.3 is 15.5 Å². The number of pyridine rings is 1. The van der Waals surface area contributed by atoms with Crippen LogP contribution < -0.4 is 10.6 Å². The van der Waals surface area contributed by atoms with Crippen molar-refractivity contribution >= 4 is 23.3 Å². The summed E-state index contributed by atoms with van der Waals surface area (Å²) >= 11 is 0. The number of rotatable bonds is 6. The summed E-state index contributed by atoms with van der Waals surface area (Å²) < 4.78 is 0. The Morgan fingerprint density at radius 2 is 1.72 bits per heavy atom. The molecule has 25 heavy (non-hydrogen) atoms. The Morgan fingerprint density at radius 3 is 2.28 bits per heavy atom. The quantitative estimate of drug-likeness (QED) is 0.833. The number of carbonyl (C=O) groups excluding carboxylic acids is 2. The molecule has 0 aliphatic rings. The Hall–Kier alpha value is -2.89. The fourth-order valence-corrected chi connectivity index (χ4v) is 2.80. The van der Waals surface area contributed by atoms with Gasteiger partial charge in [0, 0.05) is 37.2 Å². The molecule has 1 heterocycles. The molecule has 2 aromatic rings. The molecule has 0 radical (unpaired) electrons. The maximum atomic E-state index is 12.8. The number of hydrogen-bond donors (Lipinski definition) is 2. The molecule has 0 aliphatic heterocycles. The standard InChI is InChI=1S/C19H24N4O2/c1-4-18(15-9-11-20-12-10-15)23(5-2)19(25)22-17-8-6-7-16(13-17)21-14(3)24/h6-13,18H,4-5H2,1-3H3,(H,21,24)(H,22,25)/t18-/m0/s1. The van der Waals surface area contributed by atoms with Crippen LogP contribution in [0.25, 0.3) is 0 Å². The van der Waals surface area contributed by atoms with Gasteiger partial charge in [0.1, 0.15) is 0 Å². The number of aromatic nitrogens is 1. The first-order valence-electron chi connectivity index (χ1n) is 8.40. The first kappa shape index (κ1) is 18.4. The number of nitrogens with zero attached hydrogens (tertiary/aromatic N) is 2. The van der Waals surface area contributed by atoms with E-state index in [1.54, 1.807) is 41.6 Å². The molecule has 3 amide bonds. The molecule has 0 unspecified atom stereocenters. The van der Waals surface area contributed by atoms with Crippen molar-refractivity contribution in [2.45, 2.75) is 33.2 Å². The molecule has 1 aromatic heterocycles. The highest BCUT2D eigenvalue weighted by atomic mass is 16.2. The molecule has 0 fully saturated rings. The van der Waals surface area contributed by atoms with E-state index < -0.39 is 0 Å². The Bertz CT molecular complexity index is 718. The Balaban J connectivity index is 2.15. The van der Waals surface area contributed by atoms with Gasteiger partial charge in [0.25, 0.3) is 0 Å². The maximum Gasteiger partial charge on any atom is 0.322 e. The van der Waals surface area contributed by atoms with Crippen LogP contribution in [0.4, 0.5) is 16.2 Å². The second kappa shape index (κ2) is 8.82. The van der Waals surface area contributed by atoms with Crippen LogP contribution >= 0.6 is 0 Å². The third-order valence-corrected chi connectivity index (χ3v) is 3.89. The summed E-state index contributed by atoms with van der Waals surface area (Å²) in [6.45, 7) is 6.04. The number of nitrogens with one attached hydrogen (secondary N) is 2. The van der Waals surface area contributed by atoms with Gasteiger partial charge in [0.2, 0.25) is 5.91 Å². The molecule has 0 saturated heterocycles. The van der Waals surface area contributed by atoms with E-state index in [9.17, 15) is 9.59 Å². The monoisotopic (exact) mass is 340 g/mol. The minimum Gasteiger partial charge on any atom is -0.326 e. The molecule has 1 atom stereocenters. The van der Waals surface area contributed by atoms with Crippen LogP contribution in [0, 0.1) is 0 Å². The van der Waals surface area contributed by atoms with Crippen molar-refractivity contribution in [2.24, 2.45) is 0 Å². The molecule has 0 bridgehead atoms. The van der Waals surface area contributed by atoms with Crippen LogP contribution in [-0.2, 0) is 4.79 Å². The van der Waals surface area contributed by atoms with Gasteiger partial charge >= 0.3 is 6.03 Å². The highest BCUT2D eigenvalue weighted by molar-refractivity contribution is 5.92. The maximum absolute atomic E-state index is 12.8. The summed E-state index contributed by atoms with van der Waals surface area (Å²) in [5.41, 5.74) is 2.34. The van der Waals surface area contributed by atoms with E-state index in [-0.39, 0.29) is 18.0 Å². The van der Waals surface area contributed by atoms with Crippen molar-refractivity contribution in [3.05, 3.63) is 54.4 Å². The summed E-state index contributed by atoms with van der Waals surface area (Å²) in [6, 6.07) is 10.8. The van der Waals surface area contributed by atoms with E-state index in [0.29, 0.717) is 17.9 Å². The first-order valence-corrected chi connectivity index (χ1v) is 8.40. The van der Waals surface area contributed by atoms with Crippen LogP contribution in [-0.4, -0.2) is 28.4 Å². The van der Waals surface area contributed by atoms with Crippen LogP contribution in [0.3, 0.4) is 0 Å². The van der Waals surface area contributed by atoms with Gasteiger partial charge in [-0.3, -0.25) is 9.78 Å². The van der Waals surface area contributed by atoms with Crippen molar-refractivity contribution in [3.63, 3.8) is 0 Å². The Kier molecular flexibility index (Phi) is 6.51. The fourth-order valence-electron chi connectivity index (χ4n) is 2.80. The number of amides is 3. The minimum absolute atomic E-state index is 0.0217. The van der Waals surface area contributed by atoms with Crippen LogP contribution in [0.1, 0.15) is 38.8 Å². The molecule has 1 aromatic carbocycles.